The highest BCUT2D eigenvalue weighted by Gasteiger charge is 2.28. The Hall–Kier alpha value is -1.97. The van der Waals surface area contributed by atoms with Gasteiger partial charge in [0.2, 0.25) is 15.9 Å². The summed E-state index contributed by atoms with van der Waals surface area (Å²) in [6.45, 7) is 3.13. The summed E-state index contributed by atoms with van der Waals surface area (Å²) in [5.74, 6) is 0.197. The van der Waals surface area contributed by atoms with Crippen molar-refractivity contribution in [1.82, 2.24) is 9.88 Å². The van der Waals surface area contributed by atoms with Crippen LogP contribution in [0.3, 0.4) is 0 Å². The van der Waals surface area contributed by atoms with E-state index < -0.39 is 10.0 Å². The molecule has 1 aliphatic rings. The van der Waals surface area contributed by atoms with Gasteiger partial charge in [-0.3, -0.25) is 4.79 Å². The number of hydrogen-bond donors (Lipinski definition) is 2. The fourth-order valence-corrected chi connectivity index (χ4v) is 4.58. The van der Waals surface area contributed by atoms with Crippen molar-refractivity contribution in [3.63, 3.8) is 0 Å². The lowest BCUT2D eigenvalue weighted by atomic mass is 10.2. The van der Waals surface area contributed by atoms with Gasteiger partial charge in [-0.05, 0) is 44.1 Å². The minimum Gasteiger partial charge on any atom is -0.354 e. The number of carbonyl (C=O) groups is 1. The second-order valence-electron chi connectivity index (χ2n) is 5.57. The average Bonchev–Trinajstić information content (AvgIpc) is 3.05. The number of amides is 1. The number of nitrogens with zero attached hydrogens (tertiary/aromatic N) is 1. The van der Waals surface area contributed by atoms with Crippen LogP contribution >= 0.6 is 11.3 Å². The van der Waals surface area contributed by atoms with Crippen LogP contribution < -0.4 is 10.0 Å². The minimum absolute atomic E-state index is 0.0773. The minimum atomic E-state index is -3.44. The molecule has 0 bridgehead atoms. The van der Waals surface area contributed by atoms with Gasteiger partial charge in [-0.2, -0.15) is 0 Å². The third kappa shape index (κ3) is 3.92. The molecule has 128 valence electrons. The summed E-state index contributed by atoms with van der Waals surface area (Å²) >= 11 is 1.17. The molecule has 2 aromatic rings. The number of aryl methyl sites for hydroxylation is 1. The molecule has 1 fully saturated rings. The van der Waals surface area contributed by atoms with Crippen LogP contribution in [0.1, 0.15) is 36.1 Å². The Bertz CT molecular complexity index is 892. The van der Waals surface area contributed by atoms with Crippen LogP contribution in [0.4, 0.5) is 5.69 Å². The lowest BCUT2D eigenvalue weighted by Gasteiger charge is -2.01. The van der Waals surface area contributed by atoms with Gasteiger partial charge in [0.05, 0.1) is 0 Å². The van der Waals surface area contributed by atoms with Gasteiger partial charge in [0, 0.05) is 17.8 Å². The fraction of sp³-hybridized carbons (Fsp3) is 0.333. The molecule has 0 saturated heterocycles. The number of nitrogens with one attached hydrogen (secondary N) is 2. The Morgan fingerprint density at radius 2 is 2.12 bits per heavy atom. The summed E-state index contributed by atoms with van der Waals surface area (Å²) in [5, 5.41) is 6.49. The van der Waals surface area contributed by atoms with Gasteiger partial charge >= 0.3 is 0 Å². The molecule has 0 aromatic carbocycles. The van der Waals surface area contributed by atoms with E-state index in [4.69, 9.17) is 4.52 Å². The third-order valence-corrected chi connectivity index (χ3v) is 6.42. The van der Waals surface area contributed by atoms with Gasteiger partial charge in [-0.25, -0.2) is 13.1 Å². The number of thiophene rings is 1. The maximum absolute atomic E-state index is 12.1. The number of aromatic nitrogens is 1. The Morgan fingerprint density at radius 1 is 1.38 bits per heavy atom. The number of sulfonamides is 1. The van der Waals surface area contributed by atoms with Gasteiger partial charge in [0.15, 0.2) is 5.76 Å². The first-order chi connectivity index (χ1) is 11.3. The third-order valence-electron chi connectivity index (χ3n) is 3.36. The molecule has 2 aromatic heterocycles. The molecule has 2 N–H and O–H groups in total. The zero-order valence-electron chi connectivity index (χ0n) is 13.2. The fourth-order valence-electron chi connectivity index (χ4n) is 2.03. The zero-order valence-corrected chi connectivity index (χ0v) is 14.8. The van der Waals surface area contributed by atoms with Crippen LogP contribution in [0, 0.1) is 6.92 Å². The van der Waals surface area contributed by atoms with Crippen molar-refractivity contribution in [2.75, 3.05) is 5.32 Å². The smallest absolute Gasteiger partial charge is 0.250 e. The van der Waals surface area contributed by atoms with E-state index in [2.05, 4.69) is 15.2 Å². The molecule has 0 radical (unpaired) electrons. The Labute approximate surface area is 143 Å². The number of hydrogen-bond acceptors (Lipinski definition) is 6. The molecule has 3 rings (SSSR count). The van der Waals surface area contributed by atoms with Gasteiger partial charge in [0.1, 0.15) is 15.6 Å². The second-order valence-corrected chi connectivity index (χ2v) is 8.63. The van der Waals surface area contributed by atoms with E-state index in [0.717, 1.165) is 17.7 Å². The summed E-state index contributed by atoms with van der Waals surface area (Å²) in [6, 6.07) is 3.38. The molecule has 0 unspecified atom stereocenters. The SMILES string of the molecule is CC(=O)Nc1c(C)noc1/C=C/c1ccc(S(=O)(=O)NC2CC2)s1. The van der Waals surface area contributed by atoms with Crippen molar-refractivity contribution in [2.45, 2.75) is 36.9 Å². The maximum Gasteiger partial charge on any atom is 0.250 e. The van der Waals surface area contributed by atoms with Gasteiger partial charge in [0.25, 0.3) is 0 Å². The Balaban J connectivity index is 1.77. The van der Waals surface area contributed by atoms with Crippen LogP contribution in [0.25, 0.3) is 12.2 Å². The van der Waals surface area contributed by atoms with Crippen molar-refractivity contribution in [2.24, 2.45) is 0 Å². The molecule has 7 nitrogen and oxygen atoms in total. The molecule has 0 atom stereocenters. The molecule has 0 spiro atoms. The quantitative estimate of drug-likeness (QED) is 0.817. The van der Waals surface area contributed by atoms with Crippen molar-refractivity contribution in [3.05, 3.63) is 28.5 Å². The summed E-state index contributed by atoms with van der Waals surface area (Å²) in [7, 11) is -3.44. The predicted octanol–water partition coefficient (Wildman–Crippen LogP) is 2.61. The first-order valence-corrected chi connectivity index (χ1v) is 9.69. The molecule has 2 heterocycles. The molecule has 0 aliphatic heterocycles. The van der Waals surface area contributed by atoms with Crippen LogP contribution in [0.5, 0.6) is 0 Å². The summed E-state index contributed by atoms with van der Waals surface area (Å²) in [4.78, 5) is 12.0. The topological polar surface area (TPSA) is 101 Å². The summed E-state index contributed by atoms with van der Waals surface area (Å²) in [6.07, 6.45) is 5.18. The molecular formula is C15H17N3O4S2. The number of anilines is 1. The first-order valence-electron chi connectivity index (χ1n) is 7.39. The van der Waals surface area contributed by atoms with Gasteiger partial charge < -0.3 is 9.84 Å². The second kappa shape index (κ2) is 6.50. The van der Waals surface area contributed by atoms with E-state index in [0.29, 0.717) is 17.1 Å². The summed E-state index contributed by atoms with van der Waals surface area (Å²) < 4.78 is 32.4. The highest BCUT2D eigenvalue weighted by molar-refractivity contribution is 7.91. The molecular weight excluding hydrogens is 350 g/mol. The summed E-state index contributed by atoms with van der Waals surface area (Å²) in [5.41, 5.74) is 1.09. The zero-order chi connectivity index (χ0) is 17.3. The normalized spacial score (nSPS) is 15.1. The van der Waals surface area contributed by atoms with E-state index in [9.17, 15) is 13.2 Å². The average molecular weight is 367 g/mol. The molecule has 1 amide bonds. The molecule has 24 heavy (non-hydrogen) atoms. The van der Waals surface area contributed by atoms with Gasteiger partial charge in [-0.15, -0.1) is 11.3 Å². The number of carbonyl (C=O) groups excluding carboxylic acids is 1. The van der Waals surface area contributed by atoms with E-state index in [1.165, 1.54) is 18.3 Å². The van der Waals surface area contributed by atoms with Gasteiger partial charge in [-0.1, -0.05) is 5.16 Å². The first kappa shape index (κ1) is 16.9. The Kier molecular flexibility index (Phi) is 4.57. The largest absolute Gasteiger partial charge is 0.354 e. The molecule has 1 saturated carbocycles. The van der Waals surface area contributed by atoms with Crippen molar-refractivity contribution < 1.29 is 17.7 Å². The standard InChI is InChI=1S/C15H17N3O4S2/c1-9-15(16-10(2)19)13(22-17-9)7-5-12-6-8-14(23-12)24(20,21)18-11-3-4-11/h5-8,11,18H,3-4H2,1-2H3,(H,16,19)/b7-5+. The van der Waals surface area contributed by atoms with Crippen molar-refractivity contribution in [1.29, 1.82) is 0 Å². The Morgan fingerprint density at radius 3 is 2.79 bits per heavy atom. The van der Waals surface area contributed by atoms with Crippen LogP contribution in [0.15, 0.2) is 20.9 Å². The lowest BCUT2D eigenvalue weighted by molar-refractivity contribution is -0.114. The maximum atomic E-state index is 12.1. The van der Waals surface area contributed by atoms with E-state index in [-0.39, 0.29) is 16.2 Å². The molecule has 9 heteroatoms. The number of rotatable bonds is 6. The van der Waals surface area contributed by atoms with E-state index >= 15 is 0 Å². The van der Waals surface area contributed by atoms with Crippen LogP contribution in [-0.2, 0) is 14.8 Å². The van der Waals surface area contributed by atoms with E-state index in [1.54, 1.807) is 31.2 Å². The highest BCUT2D eigenvalue weighted by Crippen LogP contribution is 2.28. The molecule has 1 aliphatic carbocycles. The van der Waals surface area contributed by atoms with Crippen molar-refractivity contribution >= 4 is 45.1 Å². The van der Waals surface area contributed by atoms with Crippen molar-refractivity contribution in [3.8, 4) is 0 Å². The van der Waals surface area contributed by atoms with Crippen LogP contribution in [-0.4, -0.2) is 25.5 Å². The highest BCUT2D eigenvalue weighted by atomic mass is 32.2. The lowest BCUT2D eigenvalue weighted by Crippen LogP contribution is -2.24. The van der Waals surface area contributed by atoms with Crippen LogP contribution in [0.2, 0.25) is 0 Å². The van der Waals surface area contributed by atoms with E-state index in [1.807, 2.05) is 0 Å². The monoisotopic (exact) mass is 367 g/mol. The predicted molar refractivity (Wildman–Crippen MR) is 92.1 cm³/mol.